The number of hydrogen-bond acceptors (Lipinski definition) is 10. The number of carbonyl (C=O) groups excluding carboxylic acids is 2. The number of nitrogens with one attached hydrogen (secondary N) is 2. The smallest absolute Gasteiger partial charge is 0.328 e. The molecule has 4 N–H and O–H groups in total. The molecule has 1 fully saturated rings. The predicted molar refractivity (Wildman–Crippen MR) is 142 cm³/mol. The molecule has 3 aromatic rings. The van der Waals surface area contributed by atoms with Crippen molar-refractivity contribution in [2.24, 2.45) is 5.92 Å². The third kappa shape index (κ3) is 6.46. The summed E-state index contributed by atoms with van der Waals surface area (Å²) in [5.41, 5.74) is 1.37. The second kappa shape index (κ2) is 12.0. The predicted octanol–water partition coefficient (Wildman–Crippen LogP) is 3.17. The summed E-state index contributed by atoms with van der Waals surface area (Å²) in [7, 11) is 1.37. The van der Waals surface area contributed by atoms with Crippen molar-refractivity contribution in [3.8, 4) is 0 Å². The lowest BCUT2D eigenvalue weighted by molar-refractivity contribution is -0.142. The van der Waals surface area contributed by atoms with Crippen LogP contribution in [0.1, 0.15) is 19.7 Å². The van der Waals surface area contributed by atoms with Crippen molar-refractivity contribution in [1.29, 1.82) is 0 Å². The van der Waals surface area contributed by atoms with E-state index < -0.39 is 6.04 Å². The highest BCUT2D eigenvalue weighted by molar-refractivity contribution is 5.91. The molecule has 12 heteroatoms. The van der Waals surface area contributed by atoms with Crippen LogP contribution in [-0.2, 0) is 16.1 Å². The van der Waals surface area contributed by atoms with Crippen LogP contribution in [0.5, 0.6) is 0 Å². The SMILES string of the molecule is COC(=O)[C@@H](Nc1nc(CN2CCN(C(=O)Nc3cccc(N(O)O)c3)CC2)nc2ccccc12)C(C)C. The molecule has 202 valence electrons. The number of methoxy groups -OCH3 is 1. The normalized spacial score (nSPS) is 14.8. The molecule has 2 heterocycles. The lowest BCUT2D eigenvalue weighted by Gasteiger charge is -2.34. The molecule has 1 atom stereocenters. The Bertz CT molecular complexity index is 1280. The highest BCUT2D eigenvalue weighted by Gasteiger charge is 2.26. The van der Waals surface area contributed by atoms with Crippen LogP contribution in [-0.4, -0.2) is 81.5 Å². The molecular weight excluding hydrogens is 490 g/mol. The Kier molecular flexibility index (Phi) is 8.56. The Morgan fingerprint density at radius 1 is 1.05 bits per heavy atom. The number of fused-ring (bicyclic) bond motifs is 1. The van der Waals surface area contributed by atoms with Crippen molar-refractivity contribution in [1.82, 2.24) is 19.8 Å². The van der Waals surface area contributed by atoms with Crippen LogP contribution in [0.2, 0.25) is 0 Å². The van der Waals surface area contributed by atoms with E-state index in [9.17, 15) is 20.0 Å². The van der Waals surface area contributed by atoms with Crippen molar-refractivity contribution < 1.29 is 24.7 Å². The second-order valence-electron chi connectivity index (χ2n) is 9.43. The average molecular weight is 524 g/mol. The first kappa shape index (κ1) is 27.0. The van der Waals surface area contributed by atoms with E-state index in [1.54, 1.807) is 17.0 Å². The first-order chi connectivity index (χ1) is 18.2. The van der Waals surface area contributed by atoms with E-state index in [2.05, 4.69) is 15.5 Å². The van der Waals surface area contributed by atoms with Gasteiger partial charge in [0, 0.05) is 37.3 Å². The van der Waals surface area contributed by atoms with Gasteiger partial charge in [-0.05, 0) is 36.2 Å². The second-order valence-corrected chi connectivity index (χ2v) is 9.43. The fraction of sp³-hybridized carbons (Fsp3) is 0.385. The number of hydrogen-bond donors (Lipinski definition) is 4. The zero-order chi connectivity index (χ0) is 27.2. The van der Waals surface area contributed by atoms with Crippen LogP contribution < -0.4 is 15.9 Å². The summed E-state index contributed by atoms with van der Waals surface area (Å²) < 4.78 is 4.98. The van der Waals surface area contributed by atoms with Crippen LogP contribution in [0.3, 0.4) is 0 Å². The molecule has 2 aromatic carbocycles. The molecular formula is C26H33N7O5. The number of para-hydroxylation sites is 1. The highest BCUT2D eigenvalue weighted by atomic mass is 16.8. The van der Waals surface area contributed by atoms with Gasteiger partial charge in [-0.2, -0.15) is 0 Å². The van der Waals surface area contributed by atoms with Crippen LogP contribution in [0, 0.1) is 5.92 Å². The Morgan fingerprint density at radius 2 is 1.79 bits per heavy atom. The number of ether oxygens (including phenoxy) is 1. The first-order valence-electron chi connectivity index (χ1n) is 12.4. The minimum absolute atomic E-state index is 0.00263. The number of carbonyl (C=O) groups is 2. The zero-order valence-electron chi connectivity index (χ0n) is 21.7. The number of benzene rings is 2. The fourth-order valence-electron chi connectivity index (χ4n) is 4.30. The fourth-order valence-corrected chi connectivity index (χ4v) is 4.30. The van der Waals surface area contributed by atoms with Gasteiger partial charge in [0.15, 0.2) is 0 Å². The van der Waals surface area contributed by atoms with Crippen molar-refractivity contribution in [3.63, 3.8) is 0 Å². The summed E-state index contributed by atoms with van der Waals surface area (Å²) in [6, 6.07) is 13.1. The molecule has 0 saturated carbocycles. The number of piperazine rings is 1. The summed E-state index contributed by atoms with van der Waals surface area (Å²) in [6.07, 6.45) is 0. The molecule has 1 saturated heterocycles. The molecule has 12 nitrogen and oxygen atoms in total. The van der Waals surface area contributed by atoms with E-state index in [4.69, 9.17) is 14.7 Å². The Balaban J connectivity index is 1.42. The molecule has 0 radical (unpaired) electrons. The molecule has 2 amide bonds. The number of nitrogens with zero attached hydrogens (tertiary/aromatic N) is 5. The summed E-state index contributed by atoms with van der Waals surface area (Å²) in [6.45, 7) is 6.65. The van der Waals surface area contributed by atoms with Crippen LogP contribution >= 0.6 is 0 Å². The maximum absolute atomic E-state index is 12.7. The number of rotatable bonds is 8. The van der Waals surface area contributed by atoms with Gasteiger partial charge >= 0.3 is 12.0 Å². The average Bonchev–Trinajstić information content (AvgIpc) is 2.91. The first-order valence-corrected chi connectivity index (χ1v) is 12.4. The molecule has 4 rings (SSSR count). The maximum atomic E-state index is 12.7. The van der Waals surface area contributed by atoms with E-state index >= 15 is 0 Å². The molecule has 1 aliphatic rings. The third-order valence-corrected chi connectivity index (χ3v) is 6.42. The molecule has 38 heavy (non-hydrogen) atoms. The highest BCUT2D eigenvalue weighted by Crippen LogP contribution is 2.23. The van der Waals surface area contributed by atoms with E-state index in [1.165, 1.54) is 19.2 Å². The topological polar surface area (TPSA) is 143 Å². The van der Waals surface area contributed by atoms with Gasteiger partial charge in [0.1, 0.15) is 17.7 Å². The lowest BCUT2D eigenvalue weighted by atomic mass is 10.0. The monoisotopic (exact) mass is 523 g/mol. The van der Waals surface area contributed by atoms with E-state index in [-0.39, 0.29) is 28.8 Å². The minimum atomic E-state index is -0.549. The van der Waals surface area contributed by atoms with E-state index in [0.29, 0.717) is 50.1 Å². The molecule has 1 aliphatic heterocycles. The molecule has 0 spiro atoms. The standard InChI is InChI=1S/C26H33N7O5/c1-17(2)23(25(34)38-3)30-24-20-9-4-5-10-21(20)28-22(29-24)16-31-11-13-32(14-12-31)26(35)27-18-7-6-8-19(15-18)33(36)37/h4-10,15,17,23,36-37H,11-14,16H2,1-3H3,(H,27,35)(H,28,29,30)/t23-/m0/s1. The van der Waals surface area contributed by atoms with E-state index in [0.717, 1.165) is 10.9 Å². The number of urea groups is 1. The lowest BCUT2D eigenvalue weighted by Crippen LogP contribution is -2.49. The van der Waals surface area contributed by atoms with Crippen molar-refractivity contribution in [2.45, 2.75) is 26.4 Å². The summed E-state index contributed by atoms with van der Waals surface area (Å²) in [5, 5.41) is 25.2. The molecule has 1 aromatic heterocycles. The van der Waals surface area contributed by atoms with Gasteiger partial charge in [0.25, 0.3) is 0 Å². The summed E-state index contributed by atoms with van der Waals surface area (Å²) in [5.74, 6) is 0.841. The van der Waals surface area contributed by atoms with Gasteiger partial charge in [-0.1, -0.05) is 32.0 Å². The minimum Gasteiger partial charge on any atom is -0.467 e. The Hall–Kier alpha value is -4.00. The van der Waals surface area contributed by atoms with Gasteiger partial charge < -0.3 is 20.3 Å². The van der Waals surface area contributed by atoms with Gasteiger partial charge in [-0.15, -0.1) is 5.23 Å². The van der Waals surface area contributed by atoms with Gasteiger partial charge in [-0.25, -0.2) is 19.6 Å². The maximum Gasteiger partial charge on any atom is 0.328 e. The Labute approximate surface area is 220 Å². The molecule has 0 aliphatic carbocycles. The molecule has 0 unspecified atom stereocenters. The van der Waals surface area contributed by atoms with Crippen molar-refractivity contribution in [2.75, 3.05) is 49.1 Å². The third-order valence-electron chi connectivity index (χ3n) is 6.42. The quantitative estimate of drug-likeness (QED) is 0.257. The largest absolute Gasteiger partial charge is 0.467 e. The van der Waals surface area contributed by atoms with Gasteiger partial charge in [0.2, 0.25) is 0 Å². The van der Waals surface area contributed by atoms with Crippen molar-refractivity contribution >= 4 is 40.1 Å². The number of esters is 1. The number of aromatic nitrogens is 2. The number of amides is 2. The van der Waals surface area contributed by atoms with Crippen LogP contribution in [0.15, 0.2) is 48.5 Å². The summed E-state index contributed by atoms with van der Waals surface area (Å²) in [4.78, 5) is 38.4. The Morgan fingerprint density at radius 3 is 2.47 bits per heavy atom. The van der Waals surface area contributed by atoms with Gasteiger partial charge in [-0.3, -0.25) is 15.3 Å². The van der Waals surface area contributed by atoms with Crippen molar-refractivity contribution in [3.05, 3.63) is 54.4 Å². The zero-order valence-corrected chi connectivity index (χ0v) is 21.7. The molecule has 0 bridgehead atoms. The van der Waals surface area contributed by atoms with Crippen LogP contribution in [0.25, 0.3) is 10.9 Å². The summed E-state index contributed by atoms with van der Waals surface area (Å²) >= 11 is 0. The van der Waals surface area contributed by atoms with Crippen LogP contribution in [0.4, 0.5) is 22.0 Å². The van der Waals surface area contributed by atoms with Gasteiger partial charge in [0.05, 0.1) is 24.9 Å². The van der Waals surface area contributed by atoms with E-state index in [1.807, 2.05) is 38.1 Å². The number of anilines is 3.